The largest absolute Gasteiger partial charge is 0.480 e. The maximum Gasteiger partial charge on any atom is 0.326 e. The van der Waals surface area contributed by atoms with Crippen LogP contribution in [0, 0.1) is 5.92 Å². The number of carbonyl (C=O) groups excluding carboxylic acids is 3. The van der Waals surface area contributed by atoms with Crippen LogP contribution in [0.2, 0.25) is 0 Å². The lowest BCUT2D eigenvalue weighted by Gasteiger charge is -2.25. The Kier molecular flexibility index (Phi) is 10.6. The number of carboxylic acids is 1. The van der Waals surface area contributed by atoms with Crippen LogP contribution in [-0.2, 0) is 25.6 Å². The third-order valence-corrected chi connectivity index (χ3v) is 4.92. The molecule has 0 aliphatic rings. The van der Waals surface area contributed by atoms with Crippen molar-refractivity contribution in [3.63, 3.8) is 0 Å². The summed E-state index contributed by atoms with van der Waals surface area (Å²) < 4.78 is 0. The number of rotatable bonds is 12. The van der Waals surface area contributed by atoms with Gasteiger partial charge in [-0.2, -0.15) is 0 Å². The number of amides is 3. The molecule has 0 bridgehead atoms. The van der Waals surface area contributed by atoms with Crippen LogP contribution in [0.25, 0.3) is 0 Å². The fourth-order valence-corrected chi connectivity index (χ4v) is 2.82. The Morgan fingerprint density at radius 1 is 1.00 bits per heavy atom. The van der Waals surface area contributed by atoms with Crippen LogP contribution in [-0.4, -0.2) is 64.7 Å². The van der Waals surface area contributed by atoms with E-state index in [4.69, 9.17) is 5.73 Å². The molecule has 1 aromatic rings. The van der Waals surface area contributed by atoms with Crippen molar-refractivity contribution in [1.29, 1.82) is 0 Å². The van der Waals surface area contributed by atoms with E-state index in [1.807, 2.05) is 30.3 Å². The standard InChI is InChI=1S/C21H32N4O6/c1-4-12(2)17(21(30)31)25-20(29)18(13(3)26)24-16(27)11-23-19(28)15(22)10-14-8-6-5-7-9-14/h5-9,12-13,15,17-18,26H,4,10-11,22H2,1-3H3,(H,23,28)(H,24,27)(H,25,29)(H,30,31). The average molecular weight is 437 g/mol. The van der Waals surface area contributed by atoms with E-state index < -0.39 is 54.5 Å². The Balaban J connectivity index is 2.61. The smallest absolute Gasteiger partial charge is 0.326 e. The number of nitrogens with two attached hydrogens (primary N) is 1. The van der Waals surface area contributed by atoms with Gasteiger partial charge in [0.15, 0.2) is 0 Å². The molecule has 10 heteroatoms. The van der Waals surface area contributed by atoms with Crippen molar-refractivity contribution in [2.45, 2.75) is 57.8 Å². The normalized spacial score (nSPS) is 15.6. The lowest BCUT2D eigenvalue weighted by molar-refractivity contribution is -0.144. The molecular weight excluding hydrogens is 404 g/mol. The topological polar surface area (TPSA) is 171 Å². The number of hydrogen-bond acceptors (Lipinski definition) is 6. The number of benzene rings is 1. The zero-order chi connectivity index (χ0) is 23.6. The molecule has 31 heavy (non-hydrogen) atoms. The van der Waals surface area contributed by atoms with Gasteiger partial charge in [0.05, 0.1) is 18.7 Å². The summed E-state index contributed by atoms with van der Waals surface area (Å²) in [6.45, 7) is 4.29. The van der Waals surface area contributed by atoms with Gasteiger partial charge in [-0.05, 0) is 24.8 Å². The van der Waals surface area contributed by atoms with Gasteiger partial charge in [-0.1, -0.05) is 50.6 Å². The maximum atomic E-state index is 12.4. The highest BCUT2D eigenvalue weighted by Crippen LogP contribution is 2.09. The van der Waals surface area contributed by atoms with Crippen molar-refractivity contribution in [3.05, 3.63) is 35.9 Å². The zero-order valence-corrected chi connectivity index (χ0v) is 18.0. The molecular formula is C21H32N4O6. The molecule has 1 rings (SSSR count). The van der Waals surface area contributed by atoms with Crippen molar-refractivity contribution >= 4 is 23.7 Å². The first-order valence-electron chi connectivity index (χ1n) is 10.1. The average Bonchev–Trinajstić information content (AvgIpc) is 2.73. The Morgan fingerprint density at radius 3 is 2.13 bits per heavy atom. The van der Waals surface area contributed by atoms with Crippen LogP contribution < -0.4 is 21.7 Å². The minimum atomic E-state index is -1.38. The summed E-state index contributed by atoms with van der Waals surface area (Å²) in [6.07, 6.45) is -0.483. The molecule has 0 fully saturated rings. The Bertz CT molecular complexity index is 755. The zero-order valence-electron chi connectivity index (χ0n) is 18.0. The molecule has 0 aliphatic heterocycles. The molecule has 172 valence electrons. The molecule has 7 N–H and O–H groups in total. The molecule has 0 saturated heterocycles. The second-order valence-electron chi connectivity index (χ2n) is 7.51. The van der Waals surface area contributed by atoms with Gasteiger partial charge in [0.25, 0.3) is 0 Å². The highest BCUT2D eigenvalue weighted by Gasteiger charge is 2.31. The first kappa shape index (κ1) is 26.1. The summed E-state index contributed by atoms with van der Waals surface area (Å²) in [4.78, 5) is 48.2. The van der Waals surface area contributed by atoms with Crippen molar-refractivity contribution in [2.24, 2.45) is 11.7 Å². The number of hydrogen-bond donors (Lipinski definition) is 6. The van der Waals surface area contributed by atoms with Crippen LogP contribution in [0.3, 0.4) is 0 Å². The van der Waals surface area contributed by atoms with E-state index in [2.05, 4.69) is 16.0 Å². The summed E-state index contributed by atoms with van der Waals surface area (Å²) in [6, 6.07) is 5.74. The third-order valence-electron chi connectivity index (χ3n) is 4.92. The second kappa shape index (κ2) is 12.7. The molecule has 0 saturated carbocycles. The molecule has 0 spiro atoms. The summed E-state index contributed by atoms with van der Waals surface area (Å²) in [7, 11) is 0. The van der Waals surface area contributed by atoms with Crippen molar-refractivity contribution in [3.8, 4) is 0 Å². The maximum absolute atomic E-state index is 12.4. The van der Waals surface area contributed by atoms with Gasteiger partial charge in [-0.25, -0.2) is 4.79 Å². The number of aliphatic hydroxyl groups excluding tert-OH is 1. The van der Waals surface area contributed by atoms with Gasteiger partial charge < -0.3 is 31.9 Å². The number of carboxylic acid groups (broad SMARTS) is 1. The molecule has 3 amide bonds. The Hall–Kier alpha value is -2.98. The summed E-state index contributed by atoms with van der Waals surface area (Å²) in [5, 5.41) is 26.2. The summed E-state index contributed by atoms with van der Waals surface area (Å²) in [5.74, 6) is -3.66. The minimum Gasteiger partial charge on any atom is -0.480 e. The molecule has 1 aromatic carbocycles. The SMILES string of the molecule is CCC(C)C(NC(=O)C(NC(=O)CNC(=O)C(N)Cc1ccccc1)C(C)O)C(=O)O. The van der Waals surface area contributed by atoms with E-state index in [1.165, 1.54) is 6.92 Å². The predicted octanol–water partition coefficient (Wildman–Crippen LogP) is -0.846. The number of carbonyl (C=O) groups is 4. The van der Waals surface area contributed by atoms with Gasteiger partial charge in [0, 0.05) is 0 Å². The Morgan fingerprint density at radius 2 is 1.61 bits per heavy atom. The van der Waals surface area contributed by atoms with E-state index in [9.17, 15) is 29.4 Å². The van der Waals surface area contributed by atoms with Gasteiger partial charge in [0.1, 0.15) is 12.1 Å². The summed E-state index contributed by atoms with van der Waals surface area (Å²) >= 11 is 0. The van der Waals surface area contributed by atoms with Crippen LogP contribution in [0.1, 0.15) is 32.8 Å². The van der Waals surface area contributed by atoms with E-state index in [0.717, 1.165) is 5.56 Å². The van der Waals surface area contributed by atoms with E-state index in [0.29, 0.717) is 12.8 Å². The lowest BCUT2D eigenvalue weighted by atomic mass is 9.98. The van der Waals surface area contributed by atoms with Crippen molar-refractivity contribution in [1.82, 2.24) is 16.0 Å². The van der Waals surface area contributed by atoms with Crippen molar-refractivity contribution in [2.75, 3.05) is 6.54 Å². The third kappa shape index (κ3) is 8.73. The number of aliphatic carboxylic acids is 1. The highest BCUT2D eigenvalue weighted by atomic mass is 16.4. The van der Waals surface area contributed by atoms with E-state index in [-0.39, 0.29) is 5.92 Å². The summed E-state index contributed by atoms with van der Waals surface area (Å²) in [5.41, 5.74) is 6.72. The lowest BCUT2D eigenvalue weighted by Crippen LogP contribution is -2.58. The molecule has 5 atom stereocenters. The predicted molar refractivity (Wildman–Crippen MR) is 114 cm³/mol. The van der Waals surface area contributed by atoms with Gasteiger partial charge >= 0.3 is 5.97 Å². The van der Waals surface area contributed by atoms with Gasteiger partial charge in [0.2, 0.25) is 17.7 Å². The quantitative estimate of drug-likeness (QED) is 0.248. The molecule has 0 radical (unpaired) electrons. The minimum absolute atomic E-state index is 0.291. The van der Waals surface area contributed by atoms with Gasteiger partial charge in [-0.15, -0.1) is 0 Å². The van der Waals surface area contributed by atoms with Crippen LogP contribution in [0.5, 0.6) is 0 Å². The number of nitrogens with one attached hydrogen (secondary N) is 3. The Labute approximate surface area is 181 Å². The molecule has 10 nitrogen and oxygen atoms in total. The highest BCUT2D eigenvalue weighted by molar-refractivity contribution is 5.92. The molecule has 0 heterocycles. The molecule has 0 aromatic heterocycles. The van der Waals surface area contributed by atoms with E-state index in [1.54, 1.807) is 13.8 Å². The van der Waals surface area contributed by atoms with Crippen molar-refractivity contribution < 1.29 is 29.4 Å². The van der Waals surface area contributed by atoms with Crippen LogP contribution in [0.15, 0.2) is 30.3 Å². The fourth-order valence-electron chi connectivity index (χ4n) is 2.82. The van der Waals surface area contributed by atoms with E-state index >= 15 is 0 Å². The fraction of sp³-hybridized carbons (Fsp3) is 0.524. The second-order valence-corrected chi connectivity index (χ2v) is 7.51. The van der Waals surface area contributed by atoms with Crippen LogP contribution >= 0.6 is 0 Å². The monoisotopic (exact) mass is 436 g/mol. The van der Waals surface area contributed by atoms with Gasteiger partial charge in [-0.3, -0.25) is 14.4 Å². The first-order chi connectivity index (χ1) is 14.6. The number of aliphatic hydroxyl groups is 1. The molecule has 5 unspecified atom stereocenters. The first-order valence-corrected chi connectivity index (χ1v) is 10.1. The molecule has 0 aliphatic carbocycles. The van der Waals surface area contributed by atoms with Crippen LogP contribution in [0.4, 0.5) is 0 Å².